The molecule has 2 aromatic rings. The normalized spacial score (nSPS) is 10.5. The van der Waals surface area contributed by atoms with Crippen LogP contribution in [0.15, 0.2) is 35.5 Å². The van der Waals surface area contributed by atoms with Crippen molar-refractivity contribution >= 4 is 21.7 Å². The predicted octanol–water partition coefficient (Wildman–Crippen LogP) is 2.85. The van der Waals surface area contributed by atoms with E-state index in [-0.39, 0.29) is 0 Å². The van der Waals surface area contributed by atoms with Gasteiger partial charge in [0.05, 0.1) is 6.33 Å². The van der Waals surface area contributed by atoms with E-state index in [1.807, 2.05) is 24.7 Å². The highest BCUT2D eigenvalue weighted by Crippen LogP contribution is 2.14. The number of hydrogen-bond acceptors (Lipinski definition) is 3. The number of aryl methyl sites for hydroxylation is 2. The van der Waals surface area contributed by atoms with Crippen LogP contribution in [0.4, 0.5) is 5.82 Å². The van der Waals surface area contributed by atoms with Gasteiger partial charge in [-0.05, 0) is 47.0 Å². The first kappa shape index (κ1) is 12.1. The maximum absolute atomic E-state index is 4.35. The highest BCUT2D eigenvalue weighted by atomic mass is 79.9. The molecule has 0 aliphatic carbocycles. The maximum Gasteiger partial charge on any atom is 0.127 e. The fourth-order valence-electron chi connectivity index (χ4n) is 1.61. The first-order valence-corrected chi connectivity index (χ1v) is 6.37. The number of hydrogen-bond donors (Lipinski definition) is 1. The van der Waals surface area contributed by atoms with Crippen molar-refractivity contribution in [2.75, 3.05) is 11.9 Å². The van der Waals surface area contributed by atoms with E-state index in [4.69, 9.17) is 0 Å². The molecule has 0 saturated heterocycles. The van der Waals surface area contributed by atoms with Crippen molar-refractivity contribution in [3.05, 3.63) is 41.0 Å². The largest absolute Gasteiger partial charge is 0.370 e. The van der Waals surface area contributed by atoms with Crippen LogP contribution in [0.5, 0.6) is 0 Å². The standard InChI is InChI=1S/C12H15BrN4/c1-10-7-11(13)16-12(8-10)15-3-2-5-17-6-4-14-9-17/h4,6-9H,2-3,5H2,1H3,(H,15,16). The van der Waals surface area contributed by atoms with Gasteiger partial charge in [0.15, 0.2) is 0 Å². The molecule has 0 saturated carbocycles. The quantitative estimate of drug-likeness (QED) is 0.681. The van der Waals surface area contributed by atoms with Gasteiger partial charge in [-0.3, -0.25) is 0 Å². The molecule has 0 bridgehead atoms. The number of nitrogens with zero attached hydrogens (tertiary/aromatic N) is 3. The molecule has 1 N–H and O–H groups in total. The number of pyridine rings is 1. The highest BCUT2D eigenvalue weighted by molar-refractivity contribution is 9.10. The van der Waals surface area contributed by atoms with Gasteiger partial charge in [0.2, 0.25) is 0 Å². The molecule has 0 amide bonds. The zero-order valence-electron chi connectivity index (χ0n) is 9.73. The molecule has 0 aromatic carbocycles. The molecular weight excluding hydrogens is 280 g/mol. The second-order valence-corrected chi connectivity index (χ2v) is 4.75. The Hall–Kier alpha value is -1.36. The Morgan fingerprint density at radius 2 is 2.29 bits per heavy atom. The first-order valence-electron chi connectivity index (χ1n) is 5.58. The number of halogens is 1. The van der Waals surface area contributed by atoms with Crippen LogP contribution in [-0.4, -0.2) is 21.1 Å². The van der Waals surface area contributed by atoms with E-state index in [2.05, 4.69) is 42.7 Å². The lowest BCUT2D eigenvalue weighted by Crippen LogP contribution is -2.07. The highest BCUT2D eigenvalue weighted by Gasteiger charge is 1.97. The molecule has 0 fully saturated rings. The molecular formula is C12H15BrN4. The summed E-state index contributed by atoms with van der Waals surface area (Å²) in [4.78, 5) is 8.36. The predicted molar refractivity (Wildman–Crippen MR) is 72.0 cm³/mol. The second kappa shape index (κ2) is 5.82. The van der Waals surface area contributed by atoms with Crippen LogP contribution < -0.4 is 5.32 Å². The third kappa shape index (κ3) is 3.85. The Bertz CT molecular complexity index is 447. The third-order valence-electron chi connectivity index (χ3n) is 2.40. The fraction of sp³-hybridized carbons (Fsp3) is 0.333. The SMILES string of the molecule is Cc1cc(Br)nc(NCCCn2ccnc2)c1. The van der Waals surface area contributed by atoms with E-state index >= 15 is 0 Å². The second-order valence-electron chi connectivity index (χ2n) is 3.93. The molecule has 2 rings (SSSR count). The van der Waals surface area contributed by atoms with Gasteiger partial charge >= 0.3 is 0 Å². The summed E-state index contributed by atoms with van der Waals surface area (Å²) in [6.07, 6.45) is 6.65. The monoisotopic (exact) mass is 294 g/mol. The van der Waals surface area contributed by atoms with E-state index in [9.17, 15) is 0 Å². The minimum Gasteiger partial charge on any atom is -0.370 e. The lowest BCUT2D eigenvalue weighted by atomic mass is 10.3. The Kier molecular flexibility index (Phi) is 4.14. The van der Waals surface area contributed by atoms with Crippen molar-refractivity contribution in [1.82, 2.24) is 14.5 Å². The van der Waals surface area contributed by atoms with Crippen molar-refractivity contribution in [2.24, 2.45) is 0 Å². The molecule has 0 aliphatic rings. The van der Waals surface area contributed by atoms with E-state index < -0.39 is 0 Å². The molecule has 90 valence electrons. The number of aromatic nitrogens is 3. The summed E-state index contributed by atoms with van der Waals surface area (Å²) in [7, 11) is 0. The molecule has 2 heterocycles. The van der Waals surface area contributed by atoms with Crippen LogP contribution in [0.2, 0.25) is 0 Å². The molecule has 0 unspecified atom stereocenters. The molecule has 2 aromatic heterocycles. The van der Waals surface area contributed by atoms with Crippen molar-refractivity contribution in [1.29, 1.82) is 0 Å². The minimum absolute atomic E-state index is 0.870. The molecule has 0 spiro atoms. The Balaban J connectivity index is 1.78. The zero-order valence-corrected chi connectivity index (χ0v) is 11.3. The Morgan fingerprint density at radius 1 is 1.41 bits per heavy atom. The van der Waals surface area contributed by atoms with E-state index in [1.54, 1.807) is 6.20 Å². The summed E-state index contributed by atoms with van der Waals surface area (Å²) in [5.74, 6) is 0.919. The number of rotatable bonds is 5. The van der Waals surface area contributed by atoms with Crippen LogP contribution in [0.1, 0.15) is 12.0 Å². The molecule has 5 heteroatoms. The molecule has 0 radical (unpaired) electrons. The Labute approximate surface area is 109 Å². The smallest absolute Gasteiger partial charge is 0.127 e. The van der Waals surface area contributed by atoms with Crippen molar-refractivity contribution in [3.8, 4) is 0 Å². The zero-order chi connectivity index (χ0) is 12.1. The Morgan fingerprint density at radius 3 is 3.00 bits per heavy atom. The van der Waals surface area contributed by atoms with Crippen LogP contribution in [0, 0.1) is 6.92 Å². The lowest BCUT2D eigenvalue weighted by molar-refractivity contribution is 0.660. The van der Waals surface area contributed by atoms with Crippen LogP contribution in [0.3, 0.4) is 0 Å². The first-order chi connectivity index (χ1) is 8.24. The number of nitrogens with one attached hydrogen (secondary N) is 1. The van der Waals surface area contributed by atoms with Gasteiger partial charge in [-0.2, -0.15) is 0 Å². The van der Waals surface area contributed by atoms with Crippen molar-refractivity contribution in [2.45, 2.75) is 19.9 Å². The molecule has 0 aliphatic heterocycles. The van der Waals surface area contributed by atoms with Gasteiger partial charge in [-0.15, -0.1) is 0 Å². The number of anilines is 1. The summed E-state index contributed by atoms with van der Waals surface area (Å²) < 4.78 is 2.94. The summed E-state index contributed by atoms with van der Waals surface area (Å²) in [5, 5.41) is 3.31. The van der Waals surface area contributed by atoms with Crippen LogP contribution >= 0.6 is 15.9 Å². The van der Waals surface area contributed by atoms with E-state index in [0.29, 0.717) is 0 Å². The molecule has 0 atom stereocenters. The van der Waals surface area contributed by atoms with E-state index in [1.165, 1.54) is 5.56 Å². The van der Waals surface area contributed by atoms with Gasteiger partial charge in [0.1, 0.15) is 10.4 Å². The molecule has 17 heavy (non-hydrogen) atoms. The van der Waals surface area contributed by atoms with Crippen molar-refractivity contribution in [3.63, 3.8) is 0 Å². The topological polar surface area (TPSA) is 42.7 Å². The van der Waals surface area contributed by atoms with Gasteiger partial charge in [-0.25, -0.2) is 9.97 Å². The fourth-order valence-corrected chi connectivity index (χ4v) is 2.16. The minimum atomic E-state index is 0.870. The summed E-state index contributed by atoms with van der Waals surface area (Å²) in [6, 6.07) is 4.04. The van der Waals surface area contributed by atoms with Gasteiger partial charge in [0, 0.05) is 25.5 Å². The van der Waals surface area contributed by atoms with Crippen molar-refractivity contribution < 1.29 is 0 Å². The summed E-state index contributed by atoms with van der Waals surface area (Å²) >= 11 is 3.39. The lowest BCUT2D eigenvalue weighted by Gasteiger charge is -2.07. The van der Waals surface area contributed by atoms with Gasteiger partial charge in [-0.1, -0.05) is 0 Å². The summed E-state index contributed by atoms with van der Waals surface area (Å²) in [5.41, 5.74) is 1.20. The summed E-state index contributed by atoms with van der Waals surface area (Å²) in [6.45, 7) is 3.93. The van der Waals surface area contributed by atoms with Crippen LogP contribution in [0.25, 0.3) is 0 Å². The molecule has 4 nitrogen and oxygen atoms in total. The van der Waals surface area contributed by atoms with E-state index in [0.717, 1.165) is 29.9 Å². The average molecular weight is 295 g/mol. The van der Waals surface area contributed by atoms with Gasteiger partial charge in [0.25, 0.3) is 0 Å². The average Bonchev–Trinajstić information content (AvgIpc) is 2.76. The third-order valence-corrected chi connectivity index (χ3v) is 2.80. The number of imidazole rings is 1. The maximum atomic E-state index is 4.35. The van der Waals surface area contributed by atoms with Gasteiger partial charge < -0.3 is 9.88 Å². The van der Waals surface area contributed by atoms with Crippen LogP contribution in [-0.2, 0) is 6.54 Å².